The lowest BCUT2D eigenvalue weighted by Gasteiger charge is -2.46. The van der Waals surface area contributed by atoms with E-state index in [9.17, 15) is 9.59 Å². The average molecular weight is 447 g/mol. The number of piperidine rings is 1. The quantitative estimate of drug-likeness (QED) is 0.639. The highest BCUT2D eigenvalue weighted by Gasteiger charge is 2.41. The van der Waals surface area contributed by atoms with Crippen molar-refractivity contribution in [2.45, 2.75) is 50.2 Å². The lowest BCUT2D eigenvalue weighted by Crippen LogP contribution is -2.52. The van der Waals surface area contributed by atoms with Crippen molar-refractivity contribution in [3.05, 3.63) is 24.3 Å². The Morgan fingerprint density at radius 3 is 2.28 bits per heavy atom. The van der Waals surface area contributed by atoms with E-state index < -0.39 is 0 Å². The molecule has 0 aliphatic carbocycles. The Morgan fingerprint density at radius 2 is 1.59 bits per heavy atom. The van der Waals surface area contributed by atoms with E-state index >= 15 is 0 Å². The number of amides is 2. The SMILES string of the molecule is COc1ccc(OCC(=O)N2CCC3(CC2)CC(OCC(=O)N2CCCC2)CCO3)cc1. The molecule has 32 heavy (non-hydrogen) atoms. The summed E-state index contributed by atoms with van der Waals surface area (Å²) in [5.74, 6) is 1.47. The maximum absolute atomic E-state index is 12.6. The summed E-state index contributed by atoms with van der Waals surface area (Å²) >= 11 is 0. The number of methoxy groups -OCH3 is 1. The normalized spacial score (nSPS) is 22.7. The minimum absolute atomic E-state index is 0.0181. The van der Waals surface area contributed by atoms with E-state index in [0.29, 0.717) is 25.4 Å². The van der Waals surface area contributed by atoms with Crippen LogP contribution in [0.4, 0.5) is 0 Å². The number of hydrogen-bond acceptors (Lipinski definition) is 6. The lowest BCUT2D eigenvalue weighted by atomic mass is 9.83. The van der Waals surface area contributed by atoms with Crippen molar-refractivity contribution >= 4 is 11.8 Å². The molecule has 8 heteroatoms. The zero-order valence-corrected chi connectivity index (χ0v) is 18.9. The topological polar surface area (TPSA) is 77.5 Å². The number of ether oxygens (including phenoxy) is 4. The first-order valence-corrected chi connectivity index (χ1v) is 11.6. The van der Waals surface area contributed by atoms with Gasteiger partial charge in [-0.2, -0.15) is 0 Å². The highest BCUT2D eigenvalue weighted by Crippen LogP contribution is 2.36. The van der Waals surface area contributed by atoms with Crippen molar-refractivity contribution in [2.24, 2.45) is 0 Å². The molecule has 3 aliphatic rings. The molecular formula is C24H34N2O6. The number of likely N-dealkylation sites (tertiary alicyclic amines) is 2. The lowest BCUT2D eigenvalue weighted by molar-refractivity contribution is -0.167. The fraction of sp³-hybridized carbons (Fsp3) is 0.667. The molecule has 3 saturated heterocycles. The van der Waals surface area contributed by atoms with Gasteiger partial charge in [0.05, 0.1) is 18.8 Å². The minimum atomic E-state index is -0.257. The van der Waals surface area contributed by atoms with Crippen molar-refractivity contribution in [3.8, 4) is 11.5 Å². The van der Waals surface area contributed by atoms with Crippen LogP contribution in [0.2, 0.25) is 0 Å². The largest absolute Gasteiger partial charge is 0.497 e. The molecule has 3 fully saturated rings. The van der Waals surface area contributed by atoms with Gasteiger partial charge in [0.1, 0.15) is 18.1 Å². The smallest absolute Gasteiger partial charge is 0.260 e. The molecule has 8 nitrogen and oxygen atoms in total. The van der Waals surface area contributed by atoms with E-state index in [1.807, 2.05) is 21.9 Å². The van der Waals surface area contributed by atoms with Crippen molar-refractivity contribution in [3.63, 3.8) is 0 Å². The molecule has 176 valence electrons. The van der Waals surface area contributed by atoms with Gasteiger partial charge in [-0.15, -0.1) is 0 Å². The van der Waals surface area contributed by atoms with Gasteiger partial charge in [-0.3, -0.25) is 9.59 Å². The molecule has 1 aromatic rings. The van der Waals surface area contributed by atoms with Crippen molar-refractivity contribution in [1.82, 2.24) is 9.80 Å². The first-order valence-electron chi connectivity index (χ1n) is 11.6. The molecule has 2 amide bonds. The highest BCUT2D eigenvalue weighted by atomic mass is 16.5. The van der Waals surface area contributed by atoms with Gasteiger partial charge >= 0.3 is 0 Å². The molecule has 3 heterocycles. The Labute approximate surface area is 189 Å². The second kappa shape index (κ2) is 10.5. The van der Waals surface area contributed by atoms with Crippen LogP contribution in [0.5, 0.6) is 11.5 Å². The number of hydrogen-bond donors (Lipinski definition) is 0. The van der Waals surface area contributed by atoms with Gasteiger partial charge in [0, 0.05) is 39.2 Å². The van der Waals surface area contributed by atoms with Crippen LogP contribution in [0.25, 0.3) is 0 Å². The summed E-state index contributed by atoms with van der Waals surface area (Å²) in [7, 11) is 1.61. The Morgan fingerprint density at radius 1 is 0.969 bits per heavy atom. The Hall–Kier alpha value is -2.32. The zero-order chi connectivity index (χ0) is 22.4. The second-order valence-corrected chi connectivity index (χ2v) is 8.89. The minimum Gasteiger partial charge on any atom is -0.497 e. The standard InChI is InChI=1S/C24H34N2O6/c1-29-19-4-6-20(7-5-19)30-17-23(28)26-13-9-24(10-14-26)16-21(8-15-32-24)31-18-22(27)25-11-2-3-12-25/h4-7,21H,2-3,8-18H2,1H3. The van der Waals surface area contributed by atoms with Gasteiger partial charge in [-0.05, 0) is 56.4 Å². The summed E-state index contributed by atoms with van der Waals surface area (Å²) in [5.41, 5.74) is -0.257. The Balaban J connectivity index is 1.20. The van der Waals surface area contributed by atoms with Crippen LogP contribution in [0.1, 0.15) is 38.5 Å². The average Bonchev–Trinajstić information content (AvgIpc) is 3.37. The van der Waals surface area contributed by atoms with Gasteiger partial charge in [0.2, 0.25) is 5.91 Å². The predicted molar refractivity (Wildman–Crippen MR) is 118 cm³/mol. The molecule has 0 aromatic heterocycles. The maximum Gasteiger partial charge on any atom is 0.260 e. The molecule has 1 spiro atoms. The third-order valence-corrected chi connectivity index (χ3v) is 6.80. The molecule has 4 rings (SSSR count). The first kappa shape index (κ1) is 22.9. The molecule has 0 saturated carbocycles. The van der Waals surface area contributed by atoms with Crippen LogP contribution in [-0.2, 0) is 19.1 Å². The van der Waals surface area contributed by atoms with E-state index in [1.165, 1.54) is 0 Å². The van der Waals surface area contributed by atoms with Gasteiger partial charge in [-0.25, -0.2) is 0 Å². The predicted octanol–water partition coefficient (Wildman–Crippen LogP) is 2.25. The van der Waals surface area contributed by atoms with Crippen molar-refractivity contribution in [2.75, 3.05) is 53.1 Å². The summed E-state index contributed by atoms with van der Waals surface area (Å²) in [4.78, 5) is 28.6. The van der Waals surface area contributed by atoms with Crippen LogP contribution < -0.4 is 9.47 Å². The molecule has 0 radical (unpaired) electrons. The molecule has 1 unspecified atom stereocenters. The number of rotatable bonds is 7. The van der Waals surface area contributed by atoms with Crippen molar-refractivity contribution in [1.29, 1.82) is 0 Å². The molecule has 1 atom stereocenters. The highest BCUT2D eigenvalue weighted by molar-refractivity contribution is 5.78. The van der Waals surface area contributed by atoms with E-state index in [4.69, 9.17) is 18.9 Å². The van der Waals surface area contributed by atoms with Crippen LogP contribution in [0.3, 0.4) is 0 Å². The molecule has 0 N–H and O–H groups in total. The molecule has 0 bridgehead atoms. The van der Waals surface area contributed by atoms with E-state index in [1.54, 1.807) is 19.2 Å². The van der Waals surface area contributed by atoms with Crippen LogP contribution >= 0.6 is 0 Å². The van der Waals surface area contributed by atoms with Gasteiger partial charge in [-0.1, -0.05) is 0 Å². The number of benzene rings is 1. The Kier molecular flexibility index (Phi) is 7.52. The summed E-state index contributed by atoms with van der Waals surface area (Å²) in [5, 5.41) is 0. The number of nitrogens with zero attached hydrogens (tertiary/aromatic N) is 2. The van der Waals surface area contributed by atoms with Crippen LogP contribution in [0.15, 0.2) is 24.3 Å². The van der Waals surface area contributed by atoms with Gasteiger partial charge in [0.25, 0.3) is 5.91 Å². The zero-order valence-electron chi connectivity index (χ0n) is 18.9. The molecular weight excluding hydrogens is 412 g/mol. The summed E-state index contributed by atoms with van der Waals surface area (Å²) in [6.45, 7) is 3.81. The Bertz CT molecular complexity index is 769. The van der Waals surface area contributed by atoms with Gasteiger partial charge < -0.3 is 28.7 Å². The van der Waals surface area contributed by atoms with E-state index in [0.717, 1.165) is 57.4 Å². The van der Waals surface area contributed by atoms with Crippen LogP contribution in [-0.4, -0.2) is 86.4 Å². The van der Waals surface area contributed by atoms with Crippen molar-refractivity contribution < 1.29 is 28.5 Å². The fourth-order valence-corrected chi connectivity index (χ4v) is 4.79. The first-order chi connectivity index (χ1) is 15.6. The number of carbonyl (C=O) groups excluding carboxylic acids is 2. The van der Waals surface area contributed by atoms with E-state index in [-0.39, 0.29) is 36.7 Å². The van der Waals surface area contributed by atoms with Gasteiger partial charge in [0.15, 0.2) is 6.61 Å². The third-order valence-electron chi connectivity index (χ3n) is 6.80. The third kappa shape index (κ3) is 5.72. The summed E-state index contributed by atoms with van der Waals surface area (Å²) in [6.07, 6.45) is 5.37. The molecule has 1 aromatic carbocycles. The summed E-state index contributed by atoms with van der Waals surface area (Å²) in [6, 6.07) is 7.20. The van der Waals surface area contributed by atoms with Crippen LogP contribution in [0, 0.1) is 0 Å². The monoisotopic (exact) mass is 446 g/mol. The fourth-order valence-electron chi connectivity index (χ4n) is 4.79. The summed E-state index contributed by atoms with van der Waals surface area (Å²) < 4.78 is 22.9. The second-order valence-electron chi connectivity index (χ2n) is 8.89. The molecule has 3 aliphatic heterocycles. The number of carbonyl (C=O) groups is 2. The maximum atomic E-state index is 12.6. The van der Waals surface area contributed by atoms with E-state index in [2.05, 4.69) is 0 Å².